The second kappa shape index (κ2) is 12.6. The van der Waals surface area contributed by atoms with Gasteiger partial charge in [0.2, 0.25) is 11.9 Å². The number of ketones is 2. The Morgan fingerprint density at radius 3 is 1.69 bits per heavy atom. The summed E-state index contributed by atoms with van der Waals surface area (Å²) in [6.45, 7) is 7.93. The second-order valence-corrected chi connectivity index (χ2v) is 8.51. The summed E-state index contributed by atoms with van der Waals surface area (Å²) in [5, 5.41) is 6.32. The summed E-state index contributed by atoms with van der Waals surface area (Å²) < 4.78 is 5.98. The first-order valence-corrected chi connectivity index (χ1v) is 12.0. The van der Waals surface area contributed by atoms with Crippen molar-refractivity contribution in [3.63, 3.8) is 0 Å². The van der Waals surface area contributed by atoms with E-state index in [4.69, 9.17) is 4.74 Å². The zero-order valence-corrected chi connectivity index (χ0v) is 20.8. The highest BCUT2D eigenvalue weighted by Crippen LogP contribution is 2.22. The lowest BCUT2D eigenvalue weighted by atomic mass is 10.0. The van der Waals surface area contributed by atoms with Gasteiger partial charge in [0.25, 0.3) is 0 Å². The fourth-order valence-corrected chi connectivity index (χ4v) is 3.46. The van der Waals surface area contributed by atoms with Gasteiger partial charge in [-0.05, 0) is 74.7 Å². The first-order chi connectivity index (χ1) is 16.9. The Balaban J connectivity index is 1.82. The van der Waals surface area contributed by atoms with E-state index in [0.29, 0.717) is 35.5 Å². The number of Topliss-reactive ketones (excluding diaryl/α,β-unsaturated/α-hetero) is 2. The van der Waals surface area contributed by atoms with Crippen LogP contribution < -0.4 is 15.4 Å². The van der Waals surface area contributed by atoms with Crippen molar-refractivity contribution in [3.8, 4) is 6.01 Å². The Morgan fingerprint density at radius 2 is 1.29 bits per heavy atom. The monoisotopic (exact) mass is 475 g/mol. The summed E-state index contributed by atoms with van der Waals surface area (Å²) in [5.41, 5.74) is 2.73. The van der Waals surface area contributed by atoms with E-state index in [2.05, 4.69) is 39.4 Å². The van der Waals surface area contributed by atoms with Gasteiger partial charge in [-0.1, -0.05) is 33.1 Å². The third-order valence-electron chi connectivity index (χ3n) is 5.70. The van der Waals surface area contributed by atoms with E-state index in [1.54, 1.807) is 48.5 Å². The van der Waals surface area contributed by atoms with Gasteiger partial charge in [-0.25, -0.2) is 0 Å². The van der Waals surface area contributed by atoms with Crippen LogP contribution in [0.3, 0.4) is 0 Å². The first-order valence-electron chi connectivity index (χ1n) is 12.0. The number of carbonyl (C=O) groups excluding carboxylic acids is 2. The van der Waals surface area contributed by atoms with Crippen molar-refractivity contribution in [3.05, 3.63) is 59.7 Å². The van der Waals surface area contributed by atoms with Crippen molar-refractivity contribution >= 4 is 34.8 Å². The third kappa shape index (κ3) is 7.88. The Bertz CT molecular complexity index is 1050. The first kappa shape index (κ1) is 25.8. The Kier molecular flexibility index (Phi) is 9.29. The molecule has 0 aliphatic rings. The number of unbranched alkanes of at least 4 members (excludes halogenated alkanes) is 1. The lowest BCUT2D eigenvalue weighted by molar-refractivity contribution is 0.100. The molecule has 0 saturated carbocycles. The Labute approximate surface area is 206 Å². The summed E-state index contributed by atoms with van der Waals surface area (Å²) in [7, 11) is 0. The van der Waals surface area contributed by atoms with Gasteiger partial charge in [0, 0.05) is 22.5 Å². The van der Waals surface area contributed by atoms with Gasteiger partial charge < -0.3 is 15.4 Å². The van der Waals surface area contributed by atoms with Crippen molar-refractivity contribution in [2.75, 3.05) is 17.2 Å². The molecule has 0 bridgehead atoms. The van der Waals surface area contributed by atoms with Crippen molar-refractivity contribution < 1.29 is 14.3 Å². The number of rotatable bonds is 13. The van der Waals surface area contributed by atoms with Crippen molar-refractivity contribution in [2.45, 2.75) is 53.4 Å². The van der Waals surface area contributed by atoms with Gasteiger partial charge in [0.05, 0.1) is 6.61 Å². The molecule has 1 heterocycles. The van der Waals surface area contributed by atoms with E-state index in [9.17, 15) is 9.59 Å². The minimum Gasteiger partial charge on any atom is -0.463 e. The lowest BCUT2D eigenvalue weighted by Crippen LogP contribution is -2.14. The molecule has 0 saturated heterocycles. The van der Waals surface area contributed by atoms with Gasteiger partial charge >= 0.3 is 6.01 Å². The molecule has 1 atom stereocenters. The maximum Gasteiger partial charge on any atom is 0.323 e. The highest BCUT2D eigenvalue weighted by atomic mass is 16.5. The van der Waals surface area contributed by atoms with Crippen LogP contribution in [0.5, 0.6) is 6.01 Å². The van der Waals surface area contributed by atoms with E-state index >= 15 is 0 Å². The third-order valence-corrected chi connectivity index (χ3v) is 5.70. The highest BCUT2D eigenvalue weighted by Gasteiger charge is 2.13. The normalized spacial score (nSPS) is 11.5. The minimum absolute atomic E-state index is 0.00299. The van der Waals surface area contributed by atoms with E-state index < -0.39 is 0 Å². The number of nitrogens with zero attached hydrogens (tertiary/aromatic N) is 3. The molecule has 0 spiro atoms. The molecule has 8 nitrogen and oxygen atoms in total. The average molecular weight is 476 g/mol. The summed E-state index contributed by atoms with van der Waals surface area (Å²) in [6.07, 6.45) is 4.42. The fraction of sp³-hybridized carbons (Fsp3) is 0.370. The number of aromatic nitrogens is 3. The standard InChI is InChI=1S/C27H33N5O3/c1-5-7-8-20(6-2)17-35-27-31-25(28-23-13-9-21(10-14-23)18(3)33)30-26(32-27)29-24-15-11-22(12-16-24)19(4)34/h9-16,20H,5-8,17H2,1-4H3,(H2,28,29,30,31,32). The quantitative estimate of drug-likeness (QED) is 0.275. The number of ether oxygens (including phenoxy) is 1. The number of benzene rings is 2. The molecule has 184 valence electrons. The topological polar surface area (TPSA) is 106 Å². The molecule has 35 heavy (non-hydrogen) atoms. The maximum atomic E-state index is 11.6. The smallest absolute Gasteiger partial charge is 0.323 e. The number of nitrogens with one attached hydrogen (secondary N) is 2. The zero-order valence-electron chi connectivity index (χ0n) is 20.8. The van der Waals surface area contributed by atoms with E-state index in [1.165, 1.54) is 13.8 Å². The predicted octanol–water partition coefficient (Wildman–Crippen LogP) is 6.36. The summed E-state index contributed by atoms with van der Waals surface area (Å²) >= 11 is 0. The van der Waals surface area contributed by atoms with Crippen LogP contribution in [0.25, 0.3) is 0 Å². The van der Waals surface area contributed by atoms with Gasteiger partial charge in [-0.2, -0.15) is 15.0 Å². The molecular formula is C27H33N5O3. The summed E-state index contributed by atoms with van der Waals surface area (Å²) in [6, 6.07) is 14.4. The van der Waals surface area contributed by atoms with Crippen LogP contribution in [0.15, 0.2) is 48.5 Å². The Hall–Kier alpha value is -3.81. The fourth-order valence-electron chi connectivity index (χ4n) is 3.46. The van der Waals surface area contributed by atoms with Crippen molar-refractivity contribution in [2.24, 2.45) is 5.92 Å². The van der Waals surface area contributed by atoms with Crippen LogP contribution in [-0.2, 0) is 0 Å². The summed E-state index contributed by atoms with van der Waals surface area (Å²) in [4.78, 5) is 36.5. The highest BCUT2D eigenvalue weighted by molar-refractivity contribution is 5.94. The minimum atomic E-state index is 0.00299. The Morgan fingerprint density at radius 1 is 0.800 bits per heavy atom. The van der Waals surface area contributed by atoms with Gasteiger partial charge in [0.1, 0.15) is 0 Å². The molecular weight excluding hydrogens is 442 g/mol. The largest absolute Gasteiger partial charge is 0.463 e. The van der Waals surface area contributed by atoms with E-state index in [0.717, 1.165) is 37.1 Å². The molecule has 0 fully saturated rings. The second-order valence-electron chi connectivity index (χ2n) is 8.51. The predicted molar refractivity (Wildman–Crippen MR) is 138 cm³/mol. The van der Waals surface area contributed by atoms with Crippen molar-refractivity contribution in [1.82, 2.24) is 15.0 Å². The SMILES string of the molecule is CCCCC(CC)COc1nc(Nc2ccc(C(C)=O)cc2)nc(Nc2ccc(C(C)=O)cc2)n1. The molecule has 3 rings (SSSR count). The molecule has 2 aromatic carbocycles. The molecule has 1 unspecified atom stereocenters. The van der Waals surface area contributed by atoms with Crippen molar-refractivity contribution in [1.29, 1.82) is 0 Å². The van der Waals surface area contributed by atoms with Crippen LogP contribution in [-0.4, -0.2) is 33.1 Å². The lowest BCUT2D eigenvalue weighted by Gasteiger charge is -2.15. The van der Waals surface area contributed by atoms with Crippen LogP contribution in [0, 0.1) is 5.92 Å². The van der Waals surface area contributed by atoms with Crippen LogP contribution in [0.4, 0.5) is 23.3 Å². The molecule has 0 amide bonds. The number of hydrogen-bond acceptors (Lipinski definition) is 8. The molecule has 3 aromatic rings. The van der Waals surface area contributed by atoms with E-state index in [-0.39, 0.29) is 17.6 Å². The molecule has 0 aliphatic carbocycles. The molecule has 0 aliphatic heterocycles. The van der Waals surface area contributed by atoms with Gasteiger partial charge in [-0.3, -0.25) is 9.59 Å². The average Bonchev–Trinajstić information content (AvgIpc) is 2.85. The van der Waals surface area contributed by atoms with Gasteiger partial charge in [0.15, 0.2) is 11.6 Å². The summed E-state index contributed by atoms with van der Waals surface area (Å²) in [5.74, 6) is 1.06. The van der Waals surface area contributed by atoms with Crippen LogP contribution in [0.2, 0.25) is 0 Å². The molecule has 8 heteroatoms. The molecule has 2 N–H and O–H groups in total. The zero-order chi connectivity index (χ0) is 25.2. The van der Waals surface area contributed by atoms with Crippen LogP contribution in [0.1, 0.15) is 74.1 Å². The van der Waals surface area contributed by atoms with Gasteiger partial charge in [-0.15, -0.1) is 0 Å². The molecule has 0 radical (unpaired) electrons. The number of hydrogen-bond donors (Lipinski definition) is 2. The number of carbonyl (C=O) groups is 2. The van der Waals surface area contributed by atoms with Crippen LogP contribution >= 0.6 is 0 Å². The van der Waals surface area contributed by atoms with E-state index in [1.807, 2.05) is 0 Å². The number of anilines is 4. The molecule has 1 aromatic heterocycles. The maximum absolute atomic E-state index is 11.6.